The third-order valence-corrected chi connectivity index (χ3v) is 6.71. The van der Waals surface area contributed by atoms with Crippen molar-refractivity contribution in [1.29, 1.82) is 5.26 Å². The molecule has 2 aliphatic rings. The van der Waals surface area contributed by atoms with Gasteiger partial charge in [0.05, 0.1) is 34.7 Å². The van der Waals surface area contributed by atoms with Crippen LogP contribution in [0, 0.1) is 30.0 Å². The summed E-state index contributed by atoms with van der Waals surface area (Å²) < 4.78 is 97.1. The van der Waals surface area contributed by atoms with Crippen molar-refractivity contribution in [2.75, 3.05) is 0 Å². The molecule has 37 heavy (non-hydrogen) atoms. The van der Waals surface area contributed by atoms with E-state index in [1.807, 2.05) is 0 Å². The molecule has 196 valence electrons. The Morgan fingerprint density at radius 1 is 1.19 bits per heavy atom. The molecular formula is C24H17ClF7N3O2. The summed E-state index contributed by atoms with van der Waals surface area (Å²) in [7, 11) is 0. The van der Waals surface area contributed by atoms with Crippen molar-refractivity contribution in [2.45, 2.75) is 50.2 Å². The Morgan fingerprint density at radius 3 is 2.43 bits per heavy atom. The minimum absolute atomic E-state index is 0.0170. The molecule has 1 amide bonds. The molecule has 13 heteroatoms. The van der Waals surface area contributed by atoms with Crippen molar-refractivity contribution < 1.29 is 40.4 Å². The maximum atomic E-state index is 14.7. The van der Waals surface area contributed by atoms with E-state index in [2.05, 4.69) is 21.4 Å². The quantitative estimate of drug-likeness (QED) is 0.449. The third kappa shape index (κ3) is 4.84. The predicted molar refractivity (Wildman–Crippen MR) is 117 cm³/mol. The Morgan fingerprint density at radius 2 is 1.86 bits per heavy atom. The van der Waals surface area contributed by atoms with Crippen molar-refractivity contribution in [3.05, 3.63) is 69.0 Å². The highest BCUT2D eigenvalue weighted by atomic mass is 35.5. The lowest BCUT2D eigenvalue weighted by Crippen LogP contribution is -2.44. The topological polar surface area (TPSA) is 74.5 Å². The molecule has 1 heterocycles. The summed E-state index contributed by atoms with van der Waals surface area (Å²) in [5.41, 5.74) is -6.16. The molecule has 0 unspecified atom stereocenters. The molecule has 0 bridgehead atoms. The zero-order valence-electron chi connectivity index (χ0n) is 18.9. The lowest BCUT2D eigenvalue weighted by molar-refractivity contribution is -0.276. The number of nitrogens with one attached hydrogen (secondary N) is 1. The molecule has 1 fully saturated rings. The van der Waals surface area contributed by atoms with Crippen LogP contribution in [0.4, 0.5) is 30.7 Å². The van der Waals surface area contributed by atoms with Gasteiger partial charge in [0.15, 0.2) is 0 Å². The molecule has 1 saturated carbocycles. The van der Waals surface area contributed by atoms with Crippen molar-refractivity contribution in [1.82, 2.24) is 5.32 Å². The van der Waals surface area contributed by atoms with Gasteiger partial charge in [-0.25, -0.2) is 4.39 Å². The Labute approximate surface area is 210 Å². The fraction of sp³-hybridized carbons (Fsp3) is 0.375. The van der Waals surface area contributed by atoms with E-state index in [1.54, 1.807) is 0 Å². The van der Waals surface area contributed by atoms with E-state index in [9.17, 15) is 35.5 Å². The number of aryl methyl sites for hydroxylation is 1. The van der Waals surface area contributed by atoms with Crippen molar-refractivity contribution in [3.63, 3.8) is 0 Å². The maximum absolute atomic E-state index is 14.7. The van der Waals surface area contributed by atoms with Gasteiger partial charge in [0.25, 0.3) is 11.5 Å². The average Bonchev–Trinajstić information content (AvgIpc) is 3.23. The first kappa shape index (κ1) is 26.7. The van der Waals surface area contributed by atoms with Gasteiger partial charge in [0.2, 0.25) is 0 Å². The Hall–Kier alpha value is -3.33. The standard InChI is InChI=1S/C24H17ClF7N3O2/c1-11-4-13(2-3-16(11)21(36)34-15-5-12(6-15)10-33)19-9-22(37-35-19,24(30,31)32)17-7-14(23(27,28)29)8-18(25)20(17)26/h2-4,7-8,12,15H,5-6,9H2,1H3,(H,34,36)/t12?,15?,22-/m1/s1. The van der Waals surface area contributed by atoms with E-state index < -0.39 is 52.2 Å². The van der Waals surface area contributed by atoms with Crippen LogP contribution in [-0.2, 0) is 16.6 Å². The number of hydrogen-bond donors (Lipinski definition) is 1. The van der Waals surface area contributed by atoms with Crippen molar-refractivity contribution in [2.24, 2.45) is 11.1 Å². The number of carbonyl (C=O) groups is 1. The molecule has 5 nitrogen and oxygen atoms in total. The van der Waals surface area contributed by atoms with Gasteiger partial charge >= 0.3 is 12.4 Å². The van der Waals surface area contributed by atoms with Gasteiger partial charge in [0.1, 0.15) is 5.82 Å². The summed E-state index contributed by atoms with van der Waals surface area (Å²) >= 11 is 5.51. The molecule has 1 aliphatic carbocycles. The van der Waals surface area contributed by atoms with Crippen LogP contribution in [0.2, 0.25) is 5.02 Å². The van der Waals surface area contributed by atoms with Crippen LogP contribution >= 0.6 is 11.6 Å². The van der Waals surface area contributed by atoms with Crippen LogP contribution in [0.25, 0.3) is 0 Å². The second-order valence-corrected chi connectivity index (χ2v) is 9.35. The summed E-state index contributed by atoms with van der Waals surface area (Å²) in [4.78, 5) is 17.2. The smallest absolute Gasteiger partial charge is 0.374 e. The summed E-state index contributed by atoms with van der Waals surface area (Å²) in [5, 5.41) is 13.9. The van der Waals surface area contributed by atoms with Crippen molar-refractivity contribution in [3.8, 4) is 6.07 Å². The fourth-order valence-electron chi connectivity index (χ4n) is 4.29. The normalized spacial score (nSPS) is 23.5. The first-order valence-corrected chi connectivity index (χ1v) is 11.2. The number of nitrogens with zero attached hydrogens (tertiary/aromatic N) is 2. The zero-order chi connectivity index (χ0) is 27.3. The van der Waals surface area contributed by atoms with Gasteiger partial charge in [-0.3, -0.25) is 4.79 Å². The summed E-state index contributed by atoms with van der Waals surface area (Å²) in [6, 6.07) is 6.19. The molecule has 1 N–H and O–H groups in total. The Balaban J connectivity index is 1.63. The average molecular weight is 548 g/mol. The molecule has 2 aromatic carbocycles. The lowest BCUT2D eigenvalue weighted by atomic mass is 9.81. The molecule has 1 aliphatic heterocycles. The molecule has 0 spiro atoms. The van der Waals surface area contributed by atoms with Crippen LogP contribution in [0.1, 0.15) is 51.9 Å². The number of halogens is 8. The third-order valence-electron chi connectivity index (χ3n) is 6.44. The van der Waals surface area contributed by atoms with Gasteiger partial charge in [-0.2, -0.15) is 31.6 Å². The number of oxime groups is 1. The van der Waals surface area contributed by atoms with Crippen molar-refractivity contribution >= 4 is 23.2 Å². The lowest BCUT2D eigenvalue weighted by Gasteiger charge is -2.31. The fourth-order valence-corrected chi connectivity index (χ4v) is 4.51. The highest BCUT2D eigenvalue weighted by Crippen LogP contribution is 2.51. The summed E-state index contributed by atoms with van der Waals surface area (Å²) in [5.74, 6) is -2.26. The van der Waals surface area contributed by atoms with E-state index >= 15 is 0 Å². The van der Waals surface area contributed by atoms with Gasteiger partial charge in [-0.15, -0.1) is 0 Å². The minimum Gasteiger partial charge on any atom is -0.374 e. The summed E-state index contributed by atoms with van der Waals surface area (Å²) in [6.07, 6.45) is -10.6. The van der Waals surface area contributed by atoms with Crippen LogP contribution in [0.3, 0.4) is 0 Å². The van der Waals surface area contributed by atoms with Gasteiger partial charge in [-0.05, 0) is 55.2 Å². The Kier molecular flexibility index (Phi) is 6.65. The molecular weight excluding hydrogens is 531 g/mol. The molecule has 4 rings (SSSR count). The van der Waals surface area contributed by atoms with E-state index in [0.717, 1.165) is 0 Å². The van der Waals surface area contributed by atoms with E-state index in [4.69, 9.17) is 16.9 Å². The van der Waals surface area contributed by atoms with Gasteiger partial charge < -0.3 is 10.2 Å². The highest BCUT2D eigenvalue weighted by Gasteiger charge is 2.64. The number of carbonyl (C=O) groups excluding carboxylic acids is 1. The van der Waals surface area contributed by atoms with E-state index in [1.165, 1.54) is 25.1 Å². The number of amides is 1. The van der Waals surface area contributed by atoms with Crippen LogP contribution in [-0.4, -0.2) is 23.8 Å². The highest BCUT2D eigenvalue weighted by molar-refractivity contribution is 6.30. The van der Waals surface area contributed by atoms with E-state index in [-0.39, 0.29) is 40.9 Å². The SMILES string of the molecule is Cc1cc(C2=NO[C@](c3cc(C(F)(F)F)cc(Cl)c3F)(C(F)(F)F)C2)ccc1C(=O)NC1CC(C#N)C1. The van der Waals surface area contributed by atoms with Gasteiger partial charge in [-0.1, -0.05) is 22.8 Å². The largest absolute Gasteiger partial charge is 0.435 e. The maximum Gasteiger partial charge on any atom is 0.435 e. The number of alkyl halides is 6. The first-order valence-electron chi connectivity index (χ1n) is 10.9. The zero-order valence-corrected chi connectivity index (χ0v) is 19.7. The predicted octanol–water partition coefficient (Wildman–Crippen LogP) is 6.42. The molecule has 1 atom stereocenters. The first-order chi connectivity index (χ1) is 17.2. The monoisotopic (exact) mass is 547 g/mol. The second kappa shape index (κ2) is 9.20. The Bertz CT molecular complexity index is 1330. The molecule has 0 aromatic heterocycles. The van der Waals surface area contributed by atoms with Crippen LogP contribution in [0.5, 0.6) is 0 Å². The summed E-state index contributed by atoms with van der Waals surface area (Å²) in [6.45, 7) is 1.54. The molecule has 0 radical (unpaired) electrons. The van der Waals surface area contributed by atoms with E-state index in [0.29, 0.717) is 18.4 Å². The number of rotatable bonds is 4. The number of nitriles is 1. The minimum atomic E-state index is -5.37. The number of benzene rings is 2. The van der Waals surface area contributed by atoms with Crippen LogP contribution in [0.15, 0.2) is 35.5 Å². The van der Waals surface area contributed by atoms with Gasteiger partial charge in [0, 0.05) is 17.2 Å². The second-order valence-electron chi connectivity index (χ2n) is 8.95. The number of hydrogen-bond acceptors (Lipinski definition) is 4. The van der Waals surface area contributed by atoms with Crippen LogP contribution < -0.4 is 5.32 Å². The molecule has 2 aromatic rings. The molecule has 0 saturated heterocycles.